The summed E-state index contributed by atoms with van der Waals surface area (Å²) in [5.74, 6) is -0.422. The lowest BCUT2D eigenvalue weighted by Crippen LogP contribution is -2.31. The lowest BCUT2D eigenvalue weighted by atomic mass is 9.85. The molecule has 2 N–H and O–H groups in total. The Labute approximate surface area is 202 Å². The van der Waals surface area contributed by atoms with Gasteiger partial charge in [-0.15, -0.1) is 0 Å². The molecule has 0 saturated heterocycles. The molecule has 1 aliphatic heterocycles. The average Bonchev–Trinajstić information content (AvgIpc) is 3.38. The first kappa shape index (κ1) is 23.1. The van der Waals surface area contributed by atoms with E-state index in [1.807, 2.05) is 49.4 Å². The Morgan fingerprint density at radius 1 is 1.06 bits per heavy atom. The minimum Gasteiger partial charge on any atom is -0.468 e. The molecule has 1 aromatic heterocycles. The number of Topliss-reactive ketones (excluding diaryl/α,β-unsaturated/α-hetero) is 1. The number of carbonyl (C=O) groups is 2. The predicted molar refractivity (Wildman–Crippen MR) is 133 cm³/mol. The predicted octanol–water partition coefficient (Wildman–Crippen LogP) is 5.54. The van der Waals surface area contributed by atoms with Crippen molar-refractivity contribution in [3.63, 3.8) is 0 Å². The fraction of sp³-hybridized carbons (Fsp3) is 0.148. The molecule has 3 aromatic rings. The number of ketones is 1. The van der Waals surface area contributed by atoms with Crippen molar-refractivity contribution in [1.82, 2.24) is 5.32 Å². The molecule has 0 radical (unpaired) electrons. The number of benzene rings is 2. The van der Waals surface area contributed by atoms with Crippen molar-refractivity contribution in [3.8, 4) is 6.07 Å². The van der Waals surface area contributed by atoms with E-state index in [-0.39, 0.29) is 17.4 Å². The molecular formula is C27H23N3O3S. The molecule has 0 saturated carbocycles. The van der Waals surface area contributed by atoms with E-state index >= 15 is 0 Å². The van der Waals surface area contributed by atoms with Gasteiger partial charge in [-0.05, 0) is 37.6 Å². The normalized spacial score (nSPS) is 15.5. The zero-order valence-electron chi connectivity index (χ0n) is 18.8. The van der Waals surface area contributed by atoms with Gasteiger partial charge in [0, 0.05) is 16.9 Å². The van der Waals surface area contributed by atoms with Crippen molar-refractivity contribution < 1.29 is 14.0 Å². The third-order valence-electron chi connectivity index (χ3n) is 5.56. The Morgan fingerprint density at radius 2 is 1.79 bits per heavy atom. The highest BCUT2D eigenvalue weighted by atomic mass is 32.2. The van der Waals surface area contributed by atoms with Crippen molar-refractivity contribution in [2.75, 3.05) is 11.1 Å². The first-order chi connectivity index (χ1) is 16.5. The van der Waals surface area contributed by atoms with Crippen LogP contribution in [0.15, 0.2) is 99.3 Å². The largest absolute Gasteiger partial charge is 0.468 e. The van der Waals surface area contributed by atoms with Gasteiger partial charge < -0.3 is 15.1 Å². The van der Waals surface area contributed by atoms with Gasteiger partial charge in [-0.1, -0.05) is 60.3 Å². The highest BCUT2D eigenvalue weighted by molar-refractivity contribution is 8.03. The maximum absolute atomic E-state index is 13.4. The second-order valence-corrected chi connectivity index (χ2v) is 8.80. The monoisotopic (exact) mass is 469 g/mol. The van der Waals surface area contributed by atoms with Gasteiger partial charge in [0.1, 0.15) is 5.76 Å². The number of para-hydroxylation sites is 1. The highest BCUT2D eigenvalue weighted by Crippen LogP contribution is 2.41. The van der Waals surface area contributed by atoms with Crippen molar-refractivity contribution in [2.45, 2.75) is 19.8 Å². The number of rotatable bonds is 7. The number of nitriles is 1. The molecule has 4 rings (SSSR count). The zero-order valence-corrected chi connectivity index (χ0v) is 19.6. The lowest BCUT2D eigenvalue weighted by Gasteiger charge is -2.28. The molecule has 0 spiro atoms. The summed E-state index contributed by atoms with van der Waals surface area (Å²) in [6.07, 6.45) is 1.52. The lowest BCUT2D eigenvalue weighted by molar-refractivity contribution is -0.113. The number of thioether (sulfide) groups is 1. The fourth-order valence-electron chi connectivity index (χ4n) is 3.82. The number of hydrogen-bond donors (Lipinski definition) is 2. The number of allylic oxidation sites excluding steroid dienone is 2. The van der Waals surface area contributed by atoms with E-state index in [0.717, 1.165) is 5.56 Å². The summed E-state index contributed by atoms with van der Waals surface area (Å²) in [4.78, 5) is 26.0. The van der Waals surface area contributed by atoms with Crippen molar-refractivity contribution >= 4 is 29.1 Å². The van der Waals surface area contributed by atoms with Gasteiger partial charge in [0.25, 0.3) is 5.91 Å². The molecule has 170 valence electrons. The number of carbonyl (C=O) groups excluding carboxylic acids is 2. The van der Waals surface area contributed by atoms with Crippen molar-refractivity contribution in [1.29, 1.82) is 5.26 Å². The number of aryl methyl sites for hydroxylation is 1. The molecule has 6 nitrogen and oxygen atoms in total. The average molecular weight is 470 g/mol. The van der Waals surface area contributed by atoms with Gasteiger partial charge >= 0.3 is 0 Å². The first-order valence-electron chi connectivity index (χ1n) is 10.7. The smallest absolute Gasteiger partial charge is 0.254 e. The number of furan rings is 1. The Hall–Kier alpha value is -4.02. The standard InChI is InChI=1S/C27H23N3O3S/c1-17-9-6-7-12-21(17)30-26(32)24-18(2)29-27(20(15-28)25(24)23-13-8-14-33-23)34-16-22(31)19-10-4-3-5-11-19/h3-14,25,29H,16H2,1-2H3,(H,30,32). The van der Waals surface area contributed by atoms with E-state index < -0.39 is 5.92 Å². The summed E-state index contributed by atoms with van der Waals surface area (Å²) in [7, 11) is 0. The molecule has 1 unspecified atom stereocenters. The van der Waals surface area contributed by atoms with Crippen LogP contribution in [0.25, 0.3) is 0 Å². The quantitative estimate of drug-likeness (QED) is 0.441. The molecule has 0 aliphatic carbocycles. The van der Waals surface area contributed by atoms with E-state index in [1.54, 1.807) is 31.2 Å². The second kappa shape index (κ2) is 10.3. The number of nitrogens with zero attached hydrogens (tertiary/aromatic N) is 1. The van der Waals surface area contributed by atoms with Crippen LogP contribution in [0.5, 0.6) is 0 Å². The number of amides is 1. The molecule has 1 atom stereocenters. The van der Waals surface area contributed by atoms with Crippen LogP contribution in [0.4, 0.5) is 5.69 Å². The Kier molecular flexibility index (Phi) is 7.00. The summed E-state index contributed by atoms with van der Waals surface area (Å²) in [6, 6.07) is 22.2. The minimum atomic E-state index is -0.695. The molecule has 7 heteroatoms. The number of nitrogens with one attached hydrogen (secondary N) is 2. The summed E-state index contributed by atoms with van der Waals surface area (Å²) in [5, 5.41) is 16.8. The minimum absolute atomic E-state index is 0.0449. The SMILES string of the molecule is CC1=C(C(=O)Nc2ccccc2C)C(c2ccco2)C(C#N)=C(SCC(=O)c2ccccc2)N1. The van der Waals surface area contributed by atoms with Gasteiger partial charge in [-0.2, -0.15) is 5.26 Å². The molecule has 1 amide bonds. The van der Waals surface area contributed by atoms with Crippen LogP contribution in [0.2, 0.25) is 0 Å². The summed E-state index contributed by atoms with van der Waals surface area (Å²) < 4.78 is 5.65. The third-order valence-corrected chi connectivity index (χ3v) is 6.57. The molecule has 1 aliphatic rings. The maximum Gasteiger partial charge on any atom is 0.254 e. The van der Waals surface area contributed by atoms with Gasteiger partial charge in [0.2, 0.25) is 0 Å². The van der Waals surface area contributed by atoms with Crippen LogP contribution in [0.1, 0.15) is 34.5 Å². The number of dihydropyridines is 1. The number of hydrogen-bond acceptors (Lipinski definition) is 6. The Bertz CT molecular complexity index is 1320. The first-order valence-corrected chi connectivity index (χ1v) is 11.7. The van der Waals surface area contributed by atoms with Gasteiger partial charge in [-0.3, -0.25) is 9.59 Å². The summed E-state index contributed by atoms with van der Waals surface area (Å²) >= 11 is 1.25. The van der Waals surface area contributed by atoms with Gasteiger partial charge in [0.15, 0.2) is 5.78 Å². The molecule has 2 heterocycles. The van der Waals surface area contributed by atoms with Crippen LogP contribution < -0.4 is 10.6 Å². The highest BCUT2D eigenvalue weighted by Gasteiger charge is 2.36. The topological polar surface area (TPSA) is 95.1 Å². The number of anilines is 1. The van der Waals surface area contributed by atoms with E-state index in [9.17, 15) is 14.9 Å². The Morgan fingerprint density at radius 3 is 2.47 bits per heavy atom. The van der Waals surface area contributed by atoms with Crippen LogP contribution in [0.3, 0.4) is 0 Å². The molecule has 0 bridgehead atoms. The fourth-order valence-corrected chi connectivity index (χ4v) is 4.80. The maximum atomic E-state index is 13.4. The van der Waals surface area contributed by atoms with Crippen molar-refractivity contribution in [2.24, 2.45) is 0 Å². The van der Waals surface area contributed by atoms with E-state index in [4.69, 9.17) is 4.42 Å². The van der Waals surface area contributed by atoms with Crippen LogP contribution in [-0.4, -0.2) is 17.4 Å². The Balaban J connectivity index is 1.65. The summed E-state index contributed by atoms with van der Waals surface area (Å²) in [5.41, 5.74) is 3.57. The molecule has 2 aromatic carbocycles. The van der Waals surface area contributed by atoms with Gasteiger partial charge in [-0.25, -0.2) is 0 Å². The summed E-state index contributed by atoms with van der Waals surface area (Å²) in [6.45, 7) is 3.70. The molecular weight excluding hydrogens is 446 g/mol. The van der Waals surface area contributed by atoms with Crippen LogP contribution >= 0.6 is 11.8 Å². The van der Waals surface area contributed by atoms with E-state index in [2.05, 4.69) is 16.7 Å². The van der Waals surface area contributed by atoms with Crippen molar-refractivity contribution in [3.05, 3.63) is 112 Å². The molecule has 0 fully saturated rings. The third kappa shape index (κ3) is 4.82. The van der Waals surface area contributed by atoms with E-state index in [0.29, 0.717) is 38.9 Å². The zero-order chi connectivity index (χ0) is 24.1. The van der Waals surface area contributed by atoms with Crippen LogP contribution in [0, 0.1) is 18.3 Å². The van der Waals surface area contributed by atoms with Crippen LogP contribution in [-0.2, 0) is 4.79 Å². The van der Waals surface area contributed by atoms with E-state index in [1.165, 1.54) is 18.0 Å². The second-order valence-electron chi connectivity index (χ2n) is 7.81. The molecule has 34 heavy (non-hydrogen) atoms. The van der Waals surface area contributed by atoms with Gasteiger partial charge in [0.05, 0.1) is 40.2 Å².